The normalized spacial score (nSPS) is 11.0. The Morgan fingerprint density at radius 2 is 1.78 bits per heavy atom. The molecule has 8 heteroatoms. The molecule has 4 N–H and O–H groups in total. The number of carbonyl (C=O) groups excluding carboxylic acids is 1. The molecular formula is C24H17FN4OS2. The van der Waals surface area contributed by atoms with Crippen molar-refractivity contribution < 1.29 is 9.18 Å². The number of aromatic nitrogens is 1. The number of carbonyl (C=O) groups is 1. The molecule has 0 aliphatic heterocycles. The molecule has 5 aromatic rings. The number of nitrogen functional groups attached to an aromatic ring is 1. The lowest BCUT2D eigenvalue weighted by Gasteiger charge is -2.21. The number of nitrogens with two attached hydrogens (primary N) is 2. The van der Waals surface area contributed by atoms with Gasteiger partial charge in [0.15, 0.2) is 0 Å². The van der Waals surface area contributed by atoms with Crippen LogP contribution in [0.2, 0.25) is 0 Å². The number of pyridine rings is 1. The molecule has 3 aromatic heterocycles. The van der Waals surface area contributed by atoms with Crippen LogP contribution in [0.1, 0.15) is 0 Å². The lowest BCUT2D eigenvalue weighted by atomic mass is 10.0. The molecule has 0 unspecified atom stereocenters. The van der Waals surface area contributed by atoms with Crippen LogP contribution in [0.3, 0.4) is 0 Å². The van der Waals surface area contributed by atoms with Gasteiger partial charge in [-0.3, -0.25) is 4.90 Å². The topological polar surface area (TPSA) is 85.2 Å². The maximum Gasteiger partial charge on any atom is 0.323 e. The molecule has 0 aliphatic carbocycles. The summed E-state index contributed by atoms with van der Waals surface area (Å²) in [7, 11) is 0. The first-order valence-electron chi connectivity index (χ1n) is 9.67. The predicted molar refractivity (Wildman–Crippen MR) is 131 cm³/mol. The monoisotopic (exact) mass is 460 g/mol. The number of thiophene rings is 2. The van der Waals surface area contributed by atoms with Gasteiger partial charge in [0.25, 0.3) is 0 Å². The largest absolute Gasteiger partial charge is 0.383 e. The van der Waals surface area contributed by atoms with Crippen molar-refractivity contribution in [1.82, 2.24) is 4.98 Å². The first-order chi connectivity index (χ1) is 15.5. The summed E-state index contributed by atoms with van der Waals surface area (Å²) in [5.74, 6) is 0.0253. The zero-order valence-electron chi connectivity index (χ0n) is 16.7. The van der Waals surface area contributed by atoms with E-state index in [0.717, 1.165) is 32.3 Å². The molecule has 2 aromatic carbocycles. The van der Waals surface area contributed by atoms with Gasteiger partial charge in [-0.05, 0) is 63.7 Å². The Kier molecular flexibility index (Phi) is 5.08. The Hall–Kier alpha value is -3.75. The number of urea groups is 1. The highest BCUT2D eigenvalue weighted by atomic mass is 32.1. The van der Waals surface area contributed by atoms with Crippen LogP contribution in [0, 0.1) is 5.82 Å². The van der Waals surface area contributed by atoms with Gasteiger partial charge in [0, 0.05) is 27.4 Å². The maximum absolute atomic E-state index is 13.7. The standard InChI is InChI=1S/C24H17FN4OS2/c25-16-2-1-3-18(10-16)29(24(27)30)17-6-4-14(5-7-17)20-13-32-22-19(15-8-9-31-12-15)11-28-23(26)21(20)22/h1-13H,(H2,26,28)(H2,27,30). The number of primary amides is 1. The molecule has 0 spiro atoms. The van der Waals surface area contributed by atoms with Crippen LogP contribution < -0.4 is 16.4 Å². The fraction of sp³-hybridized carbons (Fsp3) is 0. The van der Waals surface area contributed by atoms with E-state index in [1.54, 1.807) is 40.9 Å². The summed E-state index contributed by atoms with van der Waals surface area (Å²) < 4.78 is 14.8. The highest BCUT2D eigenvalue weighted by molar-refractivity contribution is 7.18. The minimum absolute atomic E-state index is 0.361. The molecule has 158 valence electrons. The van der Waals surface area contributed by atoms with Crippen molar-refractivity contribution in [1.29, 1.82) is 0 Å². The van der Waals surface area contributed by atoms with Gasteiger partial charge in [0.2, 0.25) is 0 Å². The molecule has 0 radical (unpaired) electrons. The van der Waals surface area contributed by atoms with Gasteiger partial charge in [-0.25, -0.2) is 14.2 Å². The minimum Gasteiger partial charge on any atom is -0.383 e. The summed E-state index contributed by atoms with van der Waals surface area (Å²) in [6.45, 7) is 0. The average Bonchev–Trinajstić information content (AvgIpc) is 3.46. The number of hydrogen-bond donors (Lipinski definition) is 2. The van der Waals surface area contributed by atoms with Crippen molar-refractivity contribution in [3.05, 3.63) is 82.8 Å². The molecule has 5 nitrogen and oxygen atoms in total. The van der Waals surface area contributed by atoms with Gasteiger partial charge in [-0.15, -0.1) is 11.3 Å². The van der Waals surface area contributed by atoms with Gasteiger partial charge in [-0.2, -0.15) is 11.3 Å². The molecule has 0 saturated heterocycles. The first-order valence-corrected chi connectivity index (χ1v) is 11.5. The Morgan fingerprint density at radius 3 is 2.47 bits per heavy atom. The number of halogens is 1. The summed E-state index contributed by atoms with van der Waals surface area (Å²) in [5.41, 5.74) is 16.8. The fourth-order valence-electron chi connectivity index (χ4n) is 3.71. The van der Waals surface area contributed by atoms with Crippen molar-refractivity contribution >= 4 is 56.0 Å². The molecule has 2 amide bonds. The van der Waals surface area contributed by atoms with Crippen molar-refractivity contribution in [2.45, 2.75) is 0 Å². The van der Waals surface area contributed by atoms with E-state index in [1.807, 2.05) is 23.7 Å². The molecule has 0 aliphatic rings. The predicted octanol–water partition coefficient (Wildman–Crippen LogP) is 6.63. The van der Waals surface area contributed by atoms with Gasteiger partial charge >= 0.3 is 6.03 Å². The third-order valence-corrected chi connectivity index (χ3v) is 6.88. The number of amides is 2. The third kappa shape index (κ3) is 3.49. The molecule has 32 heavy (non-hydrogen) atoms. The molecule has 0 fully saturated rings. The second-order valence-corrected chi connectivity index (χ2v) is 8.78. The molecule has 0 atom stereocenters. The second-order valence-electron chi connectivity index (χ2n) is 7.12. The SMILES string of the molecule is NC(=O)N(c1ccc(-c2csc3c(-c4ccsc4)cnc(N)c23)cc1)c1cccc(F)c1. The fourth-order valence-corrected chi connectivity index (χ4v) is 5.49. The summed E-state index contributed by atoms with van der Waals surface area (Å²) >= 11 is 3.26. The van der Waals surface area contributed by atoms with Crippen LogP contribution in [-0.4, -0.2) is 11.0 Å². The van der Waals surface area contributed by atoms with E-state index in [-0.39, 0.29) is 0 Å². The first kappa shape index (κ1) is 20.2. The van der Waals surface area contributed by atoms with Crippen molar-refractivity contribution in [3.63, 3.8) is 0 Å². The zero-order valence-corrected chi connectivity index (χ0v) is 18.3. The van der Waals surface area contributed by atoms with Gasteiger partial charge < -0.3 is 11.5 Å². The number of benzene rings is 2. The highest BCUT2D eigenvalue weighted by Gasteiger charge is 2.18. The van der Waals surface area contributed by atoms with Crippen molar-refractivity contribution in [2.75, 3.05) is 10.6 Å². The Labute approximate surface area is 191 Å². The minimum atomic E-state index is -0.696. The van der Waals surface area contributed by atoms with E-state index in [4.69, 9.17) is 11.5 Å². The molecule has 5 rings (SSSR count). The number of nitrogens with zero attached hydrogens (tertiary/aromatic N) is 2. The maximum atomic E-state index is 13.7. The van der Waals surface area contributed by atoms with E-state index in [1.165, 1.54) is 23.1 Å². The average molecular weight is 461 g/mol. The Balaban J connectivity index is 1.57. The second kappa shape index (κ2) is 8.07. The van der Waals surface area contributed by atoms with Crippen LogP contribution in [0.15, 0.2) is 76.9 Å². The van der Waals surface area contributed by atoms with Crippen LogP contribution in [0.25, 0.3) is 32.3 Å². The molecule has 0 bridgehead atoms. The summed E-state index contributed by atoms with van der Waals surface area (Å²) in [6, 6.07) is 14.5. The lowest BCUT2D eigenvalue weighted by Crippen LogP contribution is -2.31. The van der Waals surface area contributed by atoms with Crippen LogP contribution in [0.4, 0.5) is 26.4 Å². The Morgan fingerprint density at radius 1 is 0.969 bits per heavy atom. The van der Waals surface area contributed by atoms with E-state index in [2.05, 4.69) is 21.8 Å². The smallest absolute Gasteiger partial charge is 0.323 e. The number of anilines is 3. The number of fused-ring (bicyclic) bond motifs is 1. The zero-order chi connectivity index (χ0) is 22.2. The third-order valence-electron chi connectivity index (χ3n) is 5.18. The number of hydrogen-bond acceptors (Lipinski definition) is 5. The van der Waals surface area contributed by atoms with Crippen molar-refractivity contribution in [2.24, 2.45) is 5.73 Å². The molecule has 0 saturated carbocycles. The molecule has 3 heterocycles. The number of rotatable bonds is 4. The Bertz CT molecular complexity index is 1430. The molecular weight excluding hydrogens is 443 g/mol. The van der Waals surface area contributed by atoms with E-state index in [9.17, 15) is 9.18 Å². The summed E-state index contributed by atoms with van der Waals surface area (Å²) in [5, 5.41) is 7.09. The van der Waals surface area contributed by atoms with E-state index < -0.39 is 11.8 Å². The van der Waals surface area contributed by atoms with Crippen LogP contribution in [0.5, 0.6) is 0 Å². The summed E-state index contributed by atoms with van der Waals surface area (Å²) in [6.07, 6.45) is 1.81. The van der Waals surface area contributed by atoms with Crippen LogP contribution in [-0.2, 0) is 0 Å². The quantitative estimate of drug-likeness (QED) is 0.316. The van der Waals surface area contributed by atoms with Crippen molar-refractivity contribution in [3.8, 4) is 22.3 Å². The van der Waals surface area contributed by atoms with E-state index >= 15 is 0 Å². The van der Waals surface area contributed by atoms with Gasteiger partial charge in [0.05, 0.1) is 11.4 Å². The van der Waals surface area contributed by atoms with Gasteiger partial charge in [-0.1, -0.05) is 18.2 Å². The van der Waals surface area contributed by atoms with Gasteiger partial charge in [0.1, 0.15) is 11.6 Å². The highest BCUT2D eigenvalue weighted by Crippen LogP contribution is 2.42. The summed E-state index contributed by atoms with van der Waals surface area (Å²) in [4.78, 5) is 17.8. The lowest BCUT2D eigenvalue weighted by molar-refractivity contribution is 0.256. The van der Waals surface area contributed by atoms with Crippen LogP contribution >= 0.6 is 22.7 Å². The van der Waals surface area contributed by atoms with E-state index in [0.29, 0.717) is 17.2 Å².